The highest BCUT2D eigenvalue weighted by Gasteiger charge is 2.36. The van der Waals surface area contributed by atoms with Gasteiger partial charge in [0.15, 0.2) is 0 Å². The highest BCUT2D eigenvalue weighted by Crippen LogP contribution is 2.32. The second-order valence-corrected chi connectivity index (χ2v) is 4.26. The normalized spacial score (nSPS) is 14.3. The molecule has 1 aromatic rings. The van der Waals surface area contributed by atoms with Crippen LogP contribution in [0.3, 0.4) is 0 Å². The molecule has 18 heavy (non-hydrogen) atoms. The third-order valence-corrected chi connectivity index (χ3v) is 2.98. The second-order valence-electron chi connectivity index (χ2n) is 4.26. The van der Waals surface area contributed by atoms with Gasteiger partial charge >= 0.3 is 0 Å². The number of anilines is 1. The van der Waals surface area contributed by atoms with Gasteiger partial charge in [-0.15, -0.1) is 0 Å². The van der Waals surface area contributed by atoms with Crippen LogP contribution in [-0.4, -0.2) is 31.3 Å². The van der Waals surface area contributed by atoms with Gasteiger partial charge in [-0.25, -0.2) is 4.39 Å². The van der Waals surface area contributed by atoms with E-state index in [-0.39, 0.29) is 5.56 Å². The fourth-order valence-corrected chi connectivity index (χ4v) is 2.19. The summed E-state index contributed by atoms with van der Waals surface area (Å²) in [4.78, 5) is 25.0. The lowest BCUT2D eigenvalue weighted by Gasteiger charge is -2.18. The van der Waals surface area contributed by atoms with Gasteiger partial charge in [0.25, 0.3) is 11.7 Å². The average Bonchev–Trinajstić information content (AvgIpc) is 2.55. The molecule has 0 bridgehead atoms. The van der Waals surface area contributed by atoms with Crippen LogP contribution in [0.2, 0.25) is 0 Å². The summed E-state index contributed by atoms with van der Waals surface area (Å²) in [5.41, 5.74) is 1.33. The van der Waals surface area contributed by atoms with Gasteiger partial charge < -0.3 is 10.2 Å². The smallest absolute Gasteiger partial charge is 0.299 e. The van der Waals surface area contributed by atoms with Crippen LogP contribution >= 0.6 is 0 Å². The largest absolute Gasteiger partial charge is 0.315 e. The molecule has 96 valence electrons. The number of benzene rings is 1. The molecule has 4 nitrogen and oxygen atoms in total. The van der Waals surface area contributed by atoms with Gasteiger partial charge in [0.05, 0.1) is 11.3 Å². The van der Waals surface area contributed by atoms with E-state index in [0.29, 0.717) is 24.3 Å². The molecule has 1 aliphatic rings. The van der Waals surface area contributed by atoms with E-state index in [1.807, 2.05) is 6.92 Å². The number of halogens is 1. The average molecular weight is 250 g/mol. The summed E-state index contributed by atoms with van der Waals surface area (Å²) < 4.78 is 13.3. The molecule has 2 rings (SSSR count). The molecule has 0 saturated heterocycles. The molecule has 0 atom stereocenters. The highest BCUT2D eigenvalue weighted by atomic mass is 19.1. The first-order chi connectivity index (χ1) is 8.56. The van der Waals surface area contributed by atoms with E-state index in [1.54, 1.807) is 6.92 Å². The summed E-state index contributed by atoms with van der Waals surface area (Å²) in [6.07, 6.45) is 0. The summed E-state index contributed by atoms with van der Waals surface area (Å²) in [5.74, 6) is -1.68. The second kappa shape index (κ2) is 4.86. The van der Waals surface area contributed by atoms with Crippen LogP contribution in [-0.2, 0) is 4.79 Å². The van der Waals surface area contributed by atoms with Crippen LogP contribution in [0.1, 0.15) is 22.8 Å². The minimum atomic E-state index is -0.621. The maximum absolute atomic E-state index is 13.3. The lowest BCUT2D eigenvalue weighted by molar-refractivity contribution is -0.114. The number of nitrogens with zero attached hydrogens (tertiary/aromatic N) is 1. The van der Waals surface area contributed by atoms with Crippen molar-refractivity contribution in [1.82, 2.24) is 5.32 Å². The predicted octanol–water partition coefficient (Wildman–Crippen LogP) is 1.27. The Morgan fingerprint density at radius 3 is 2.72 bits per heavy atom. The first-order valence-corrected chi connectivity index (χ1v) is 5.93. The van der Waals surface area contributed by atoms with Crippen LogP contribution < -0.4 is 10.2 Å². The number of carbonyl (C=O) groups is 2. The zero-order valence-electron chi connectivity index (χ0n) is 10.4. The molecule has 0 unspecified atom stereocenters. The van der Waals surface area contributed by atoms with Crippen molar-refractivity contribution in [3.8, 4) is 0 Å². The Morgan fingerprint density at radius 1 is 1.33 bits per heavy atom. The molecule has 0 aliphatic carbocycles. The summed E-state index contributed by atoms with van der Waals surface area (Å²) in [6, 6.07) is 2.47. The SMILES string of the molecule is CCNCCN1C(=O)C(=O)c2cc(F)cc(C)c21. The molecule has 1 heterocycles. The number of carbonyl (C=O) groups excluding carboxylic acids is 2. The molecule has 0 aromatic heterocycles. The van der Waals surface area contributed by atoms with Gasteiger partial charge in [-0.2, -0.15) is 0 Å². The van der Waals surface area contributed by atoms with Crippen molar-refractivity contribution in [3.63, 3.8) is 0 Å². The van der Waals surface area contributed by atoms with E-state index in [1.165, 1.54) is 11.0 Å². The van der Waals surface area contributed by atoms with Gasteiger partial charge in [0.1, 0.15) is 5.82 Å². The van der Waals surface area contributed by atoms with Crippen molar-refractivity contribution in [3.05, 3.63) is 29.1 Å². The maximum Gasteiger partial charge on any atom is 0.299 e. The molecule has 0 fully saturated rings. The number of hydrogen-bond acceptors (Lipinski definition) is 3. The molecular weight excluding hydrogens is 235 g/mol. The lowest BCUT2D eigenvalue weighted by atomic mass is 10.1. The molecular formula is C13H15FN2O2. The number of likely N-dealkylation sites (N-methyl/N-ethyl adjacent to an activating group) is 1. The van der Waals surface area contributed by atoms with Crippen molar-refractivity contribution in [2.45, 2.75) is 13.8 Å². The van der Waals surface area contributed by atoms with Gasteiger partial charge in [-0.3, -0.25) is 9.59 Å². The molecule has 1 amide bonds. The molecule has 1 aromatic carbocycles. The van der Waals surface area contributed by atoms with E-state index in [9.17, 15) is 14.0 Å². The van der Waals surface area contributed by atoms with Crippen molar-refractivity contribution in [2.75, 3.05) is 24.5 Å². The number of nitrogens with one attached hydrogen (secondary N) is 1. The summed E-state index contributed by atoms with van der Waals surface area (Å²) in [7, 11) is 0. The fraction of sp³-hybridized carbons (Fsp3) is 0.385. The summed E-state index contributed by atoms with van der Waals surface area (Å²) >= 11 is 0. The number of amides is 1. The standard InChI is InChI=1S/C13H15FN2O2/c1-3-15-4-5-16-11-8(2)6-9(14)7-10(11)12(17)13(16)18/h6-7,15H,3-5H2,1-2H3. The maximum atomic E-state index is 13.3. The Morgan fingerprint density at radius 2 is 2.06 bits per heavy atom. The fourth-order valence-electron chi connectivity index (χ4n) is 2.19. The molecule has 0 saturated carbocycles. The van der Waals surface area contributed by atoms with Crippen LogP contribution in [0.15, 0.2) is 12.1 Å². The van der Waals surface area contributed by atoms with Gasteiger partial charge in [-0.05, 0) is 31.2 Å². The monoisotopic (exact) mass is 250 g/mol. The first kappa shape index (κ1) is 12.7. The Hall–Kier alpha value is -1.75. The predicted molar refractivity (Wildman–Crippen MR) is 66.4 cm³/mol. The van der Waals surface area contributed by atoms with Crippen LogP contribution in [0.25, 0.3) is 0 Å². The Kier molecular flexibility index (Phi) is 3.43. The zero-order chi connectivity index (χ0) is 13.3. The van der Waals surface area contributed by atoms with E-state index in [2.05, 4.69) is 5.32 Å². The number of Topliss-reactive ketones (excluding diaryl/α,β-unsaturated/α-hetero) is 1. The molecule has 0 spiro atoms. The van der Waals surface area contributed by atoms with Crippen LogP contribution in [0, 0.1) is 12.7 Å². The first-order valence-electron chi connectivity index (χ1n) is 5.93. The third-order valence-electron chi connectivity index (χ3n) is 2.98. The number of hydrogen-bond donors (Lipinski definition) is 1. The van der Waals surface area contributed by atoms with Crippen molar-refractivity contribution < 1.29 is 14.0 Å². The van der Waals surface area contributed by atoms with Gasteiger partial charge in [0.2, 0.25) is 0 Å². The number of ketones is 1. The number of fused-ring (bicyclic) bond motifs is 1. The number of rotatable bonds is 4. The number of aryl methyl sites for hydroxylation is 1. The Bertz CT molecular complexity index is 514. The molecule has 1 N–H and O–H groups in total. The van der Waals surface area contributed by atoms with Crippen LogP contribution in [0.4, 0.5) is 10.1 Å². The van der Waals surface area contributed by atoms with Crippen molar-refractivity contribution in [2.24, 2.45) is 0 Å². The third kappa shape index (κ3) is 2.01. The van der Waals surface area contributed by atoms with E-state index in [0.717, 1.165) is 12.6 Å². The van der Waals surface area contributed by atoms with E-state index < -0.39 is 17.5 Å². The van der Waals surface area contributed by atoms with E-state index in [4.69, 9.17) is 0 Å². The minimum Gasteiger partial charge on any atom is -0.315 e. The molecule has 5 heteroatoms. The zero-order valence-corrected chi connectivity index (χ0v) is 10.4. The minimum absolute atomic E-state index is 0.175. The van der Waals surface area contributed by atoms with E-state index >= 15 is 0 Å². The Labute approximate surface area is 105 Å². The van der Waals surface area contributed by atoms with Crippen molar-refractivity contribution in [1.29, 1.82) is 0 Å². The topological polar surface area (TPSA) is 49.4 Å². The summed E-state index contributed by atoms with van der Waals surface area (Å²) in [5, 5.41) is 3.09. The van der Waals surface area contributed by atoms with Crippen LogP contribution in [0.5, 0.6) is 0 Å². The van der Waals surface area contributed by atoms with Crippen molar-refractivity contribution >= 4 is 17.4 Å². The molecule has 1 aliphatic heterocycles. The highest BCUT2D eigenvalue weighted by molar-refractivity contribution is 6.52. The lowest BCUT2D eigenvalue weighted by Crippen LogP contribution is -2.36. The molecule has 0 radical (unpaired) electrons. The van der Waals surface area contributed by atoms with Gasteiger partial charge in [0, 0.05) is 13.1 Å². The van der Waals surface area contributed by atoms with Gasteiger partial charge in [-0.1, -0.05) is 6.92 Å². The quantitative estimate of drug-likeness (QED) is 0.646. The Balaban J connectivity index is 2.36. The summed E-state index contributed by atoms with van der Waals surface area (Å²) in [6.45, 7) is 5.48.